The maximum atomic E-state index is 11.4. The molecule has 0 spiro atoms. The van der Waals surface area contributed by atoms with Crippen molar-refractivity contribution in [2.24, 2.45) is 0 Å². The zero-order chi connectivity index (χ0) is 23.6. The lowest BCUT2D eigenvalue weighted by molar-refractivity contribution is 0.0695. The molecular formula is C26H41IO5. The molecular weight excluding hydrogens is 519 g/mol. The second-order valence-electron chi connectivity index (χ2n) is 8.75. The van der Waals surface area contributed by atoms with E-state index in [4.69, 9.17) is 0 Å². The highest BCUT2D eigenvalue weighted by molar-refractivity contribution is 14.1. The fourth-order valence-electron chi connectivity index (χ4n) is 4.10. The summed E-state index contributed by atoms with van der Waals surface area (Å²) in [5, 5.41) is 18.7. The molecule has 0 heterocycles. The van der Waals surface area contributed by atoms with Crippen LogP contribution in [0.1, 0.15) is 136 Å². The number of hydrogen-bond donors (Lipinski definition) is 2. The number of rotatable bonds is 20. The van der Waals surface area contributed by atoms with E-state index < -0.39 is 33.1 Å². The molecule has 32 heavy (non-hydrogen) atoms. The minimum Gasteiger partial charge on any atom is -0.478 e. The van der Waals surface area contributed by atoms with Crippen molar-refractivity contribution in [1.82, 2.24) is 0 Å². The summed E-state index contributed by atoms with van der Waals surface area (Å²) in [5.74, 6) is -2.43. The molecule has 0 aliphatic rings. The van der Waals surface area contributed by atoms with Crippen LogP contribution in [0.15, 0.2) is 12.1 Å². The van der Waals surface area contributed by atoms with Crippen LogP contribution in [0.25, 0.3) is 0 Å². The van der Waals surface area contributed by atoms with E-state index in [9.17, 15) is 22.9 Å². The van der Waals surface area contributed by atoms with Gasteiger partial charge in [0, 0.05) is 0 Å². The second kappa shape index (κ2) is 18.2. The lowest BCUT2D eigenvalue weighted by Gasteiger charge is -2.08. The molecule has 0 bridgehead atoms. The van der Waals surface area contributed by atoms with Gasteiger partial charge in [-0.3, -0.25) is 3.07 Å². The quantitative estimate of drug-likeness (QED) is 0.123. The predicted octanol–water partition coefficient (Wildman–Crippen LogP) is 8.37. The Kier molecular flexibility index (Phi) is 16.3. The van der Waals surface area contributed by atoms with Crippen molar-refractivity contribution < 1.29 is 22.9 Å². The number of unbranched alkanes of at least 4 members (excludes halogenated alkanes) is 15. The molecule has 1 aromatic rings. The summed E-state index contributed by atoms with van der Waals surface area (Å²) < 4.78 is 11.4. The Hall–Kier alpha value is -1.31. The van der Waals surface area contributed by atoms with E-state index in [-0.39, 0.29) is 14.7 Å². The Morgan fingerprint density at radius 2 is 1.00 bits per heavy atom. The minimum atomic E-state index is -1.86. The topological polar surface area (TPSA) is 91.7 Å². The van der Waals surface area contributed by atoms with E-state index in [1.54, 1.807) is 0 Å². The number of benzene rings is 1. The standard InChI is InChI=1S/C26H41IO5/c1-2-3-4-5-6-7-8-9-10-11-12-13-14-15-16-17-18-21-19-22(25(28)29)24(27-32)23(20-21)26(30)31/h19-20H,2-18H2,1H3,(H,28,29)(H,30,31). The van der Waals surface area contributed by atoms with Crippen LogP contribution in [0.5, 0.6) is 0 Å². The van der Waals surface area contributed by atoms with Crippen LogP contribution in [0.2, 0.25) is 0 Å². The van der Waals surface area contributed by atoms with Crippen LogP contribution in [-0.4, -0.2) is 22.2 Å². The molecule has 2 N–H and O–H groups in total. The van der Waals surface area contributed by atoms with Gasteiger partial charge in [0.2, 0.25) is 0 Å². The fraction of sp³-hybridized carbons (Fsp3) is 0.692. The van der Waals surface area contributed by atoms with E-state index in [1.807, 2.05) is 0 Å². The van der Waals surface area contributed by atoms with Gasteiger partial charge in [-0.25, -0.2) is 9.59 Å². The number of aromatic carboxylic acids is 2. The molecule has 6 heteroatoms. The van der Waals surface area contributed by atoms with E-state index in [0.717, 1.165) is 19.3 Å². The van der Waals surface area contributed by atoms with Gasteiger partial charge in [-0.05, 0) is 30.5 Å². The molecule has 0 radical (unpaired) electrons. The van der Waals surface area contributed by atoms with Crippen molar-refractivity contribution in [2.45, 2.75) is 116 Å². The SMILES string of the molecule is CCCCCCCCCCCCCCCCCCc1cc(C(=O)O)c(I=O)c(C(=O)O)c1. The van der Waals surface area contributed by atoms with Gasteiger partial charge >= 0.3 is 11.9 Å². The third-order valence-corrected chi connectivity index (χ3v) is 7.59. The molecule has 1 rings (SSSR count). The monoisotopic (exact) mass is 560 g/mol. The normalized spacial score (nSPS) is 11.0. The number of carboxylic acid groups (broad SMARTS) is 2. The fourth-order valence-corrected chi connectivity index (χ4v) is 5.35. The highest BCUT2D eigenvalue weighted by Gasteiger charge is 2.20. The summed E-state index contributed by atoms with van der Waals surface area (Å²) in [6.45, 7) is 2.26. The molecule has 0 unspecified atom stereocenters. The van der Waals surface area contributed by atoms with E-state index in [1.165, 1.54) is 95.6 Å². The third kappa shape index (κ3) is 12.1. The molecule has 0 aliphatic carbocycles. The molecule has 0 aliphatic heterocycles. The lowest BCUT2D eigenvalue weighted by atomic mass is 10.00. The van der Waals surface area contributed by atoms with Gasteiger partial charge in [0.1, 0.15) is 0 Å². The third-order valence-electron chi connectivity index (χ3n) is 5.99. The predicted molar refractivity (Wildman–Crippen MR) is 137 cm³/mol. The van der Waals surface area contributed by atoms with Gasteiger partial charge in [0.25, 0.3) is 0 Å². The van der Waals surface area contributed by atoms with Gasteiger partial charge in [-0.15, -0.1) is 0 Å². The minimum absolute atomic E-state index is 0.0282. The van der Waals surface area contributed by atoms with E-state index >= 15 is 0 Å². The van der Waals surface area contributed by atoms with Crippen LogP contribution in [-0.2, 0) is 9.49 Å². The smallest absolute Gasteiger partial charge is 0.336 e. The summed E-state index contributed by atoms with van der Waals surface area (Å²) >= 11 is -1.86. The molecule has 0 fully saturated rings. The number of halogens is 1. The van der Waals surface area contributed by atoms with Crippen molar-refractivity contribution in [3.05, 3.63) is 32.4 Å². The zero-order valence-electron chi connectivity index (χ0n) is 19.7. The lowest BCUT2D eigenvalue weighted by Crippen LogP contribution is -2.09. The van der Waals surface area contributed by atoms with Gasteiger partial charge in [0.15, 0.2) is 21.2 Å². The van der Waals surface area contributed by atoms with Crippen molar-refractivity contribution in [2.75, 3.05) is 0 Å². The van der Waals surface area contributed by atoms with Crippen molar-refractivity contribution in [1.29, 1.82) is 0 Å². The van der Waals surface area contributed by atoms with Gasteiger partial charge in [-0.2, -0.15) is 0 Å². The van der Waals surface area contributed by atoms with Crippen molar-refractivity contribution in [3.8, 4) is 0 Å². The first-order valence-electron chi connectivity index (χ1n) is 12.4. The number of carbonyl (C=O) groups is 2. The second-order valence-corrected chi connectivity index (χ2v) is 10.3. The van der Waals surface area contributed by atoms with E-state index in [0.29, 0.717) is 12.0 Å². The van der Waals surface area contributed by atoms with Crippen molar-refractivity contribution >= 4 is 33.1 Å². The first kappa shape index (κ1) is 28.7. The highest BCUT2D eigenvalue weighted by atomic mass is 127. The number of hydrogen-bond acceptors (Lipinski definition) is 3. The largest absolute Gasteiger partial charge is 0.478 e. The Bertz CT molecular complexity index is 666. The highest BCUT2D eigenvalue weighted by Crippen LogP contribution is 2.25. The molecule has 0 saturated heterocycles. The van der Waals surface area contributed by atoms with Crippen LogP contribution in [0, 0.1) is 3.57 Å². The Morgan fingerprint density at radius 3 is 1.31 bits per heavy atom. The molecule has 0 aromatic heterocycles. The number of aryl methyl sites for hydroxylation is 1. The maximum absolute atomic E-state index is 11.4. The van der Waals surface area contributed by atoms with Gasteiger partial charge in [0.05, 0.1) is 14.7 Å². The number of carboxylic acids is 2. The molecule has 0 amide bonds. The molecule has 5 nitrogen and oxygen atoms in total. The van der Waals surface area contributed by atoms with Crippen LogP contribution in [0.3, 0.4) is 0 Å². The van der Waals surface area contributed by atoms with Crippen LogP contribution < -0.4 is 0 Å². The van der Waals surface area contributed by atoms with Gasteiger partial charge < -0.3 is 10.2 Å². The molecule has 182 valence electrons. The Balaban J connectivity index is 2.13. The molecule has 1 aromatic carbocycles. The Labute approximate surface area is 204 Å². The Morgan fingerprint density at radius 1 is 0.656 bits per heavy atom. The summed E-state index contributed by atoms with van der Waals surface area (Å²) in [5.41, 5.74) is 0.449. The van der Waals surface area contributed by atoms with E-state index in [2.05, 4.69) is 6.92 Å². The maximum Gasteiger partial charge on any atom is 0.336 e. The van der Waals surface area contributed by atoms with Crippen molar-refractivity contribution in [3.63, 3.8) is 0 Å². The summed E-state index contributed by atoms with van der Waals surface area (Å²) in [4.78, 5) is 22.8. The molecule has 0 atom stereocenters. The zero-order valence-corrected chi connectivity index (χ0v) is 21.8. The first-order chi connectivity index (χ1) is 15.5. The molecule has 0 saturated carbocycles. The van der Waals surface area contributed by atoms with Crippen LogP contribution in [0.4, 0.5) is 0 Å². The summed E-state index contributed by atoms with van der Waals surface area (Å²) in [7, 11) is 0. The van der Waals surface area contributed by atoms with Gasteiger partial charge in [-0.1, -0.05) is 103 Å². The van der Waals surface area contributed by atoms with Crippen LogP contribution >= 0.6 is 21.2 Å². The summed E-state index contributed by atoms with van der Waals surface area (Å²) in [6, 6.07) is 2.99. The summed E-state index contributed by atoms with van der Waals surface area (Å²) in [6.07, 6.45) is 21.3. The average Bonchev–Trinajstić information content (AvgIpc) is 2.77. The average molecular weight is 561 g/mol. The first-order valence-corrected chi connectivity index (χ1v) is 14.4.